The van der Waals surface area contributed by atoms with Crippen LogP contribution in [0.2, 0.25) is 4.34 Å². The Morgan fingerprint density at radius 2 is 2.17 bits per heavy atom. The molecule has 0 aromatic carbocycles. The van der Waals surface area contributed by atoms with Crippen molar-refractivity contribution in [3.05, 3.63) is 16.5 Å². The first kappa shape index (κ1) is 18.2. The summed E-state index contributed by atoms with van der Waals surface area (Å²) in [4.78, 5) is 25.1. The average molecular weight is 380 g/mol. The fourth-order valence-corrected chi connectivity index (χ4v) is 5.22. The van der Waals surface area contributed by atoms with Gasteiger partial charge in [-0.2, -0.15) is 4.31 Å². The maximum Gasteiger partial charge on any atom is 0.252 e. The highest BCUT2D eigenvalue weighted by atomic mass is 35.5. The quantitative estimate of drug-likeness (QED) is 0.815. The SMILES string of the molecule is CN(CC(=O)N1CCC[C@@H](C(N)=O)C1)S(=O)(=O)c1ccc(Cl)s1. The van der Waals surface area contributed by atoms with Crippen molar-refractivity contribution in [2.45, 2.75) is 17.1 Å². The predicted octanol–water partition coefficient (Wildman–Crippen LogP) is 0.746. The van der Waals surface area contributed by atoms with Crippen LogP contribution in [0.15, 0.2) is 16.3 Å². The topological polar surface area (TPSA) is 101 Å². The molecule has 0 spiro atoms. The van der Waals surface area contributed by atoms with Crippen LogP contribution in [0, 0.1) is 5.92 Å². The van der Waals surface area contributed by atoms with E-state index in [9.17, 15) is 18.0 Å². The van der Waals surface area contributed by atoms with Gasteiger partial charge in [0.25, 0.3) is 10.0 Å². The molecule has 2 heterocycles. The number of rotatable bonds is 5. The number of nitrogens with two attached hydrogens (primary N) is 1. The molecule has 0 radical (unpaired) electrons. The summed E-state index contributed by atoms with van der Waals surface area (Å²) >= 11 is 6.70. The van der Waals surface area contributed by atoms with E-state index in [2.05, 4.69) is 0 Å². The van der Waals surface area contributed by atoms with Gasteiger partial charge in [-0.15, -0.1) is 11.3 Å². The summed E-state index contributed by atoms with van der Waals surface area (Å²) < 4.78 is 26.2. The van der Waals surface area contributed by atoms with Crippen LogP contribution in [-0.4, -0.2) is 56.1 Å². The Hall–Kier alpha value is -1.16. The van der Waals surface area contributed by atoms with E-state index < -0.39 is 15.9 Å². The molecule has 2 N–H and O–H groups in total. The van der Waals surface area contributed by atoms with Crippen LogP contribution in [0.5, 0.6) is 0 Å². The molecule has 1 aromatic rings. The Kier molecular flexibility index (Phi) is 5.66. The number of piperidine rings is 1. The van der Waals surface area contributed by atoms with E-state index in [4.69, 9.17) is 17.3 Å². The molecule has 7 nitrogen and oxygen atoms in total. The molecule has 1 aliphatic heterocycles. The van der Waals surface area contributed by atoms with Gasteiger partial charge < -0.3 is 10.6 Å². The van der Waals surface area contributed by atoms with E-state index in [1.54, 1.807) is 0 Å². The Morgan fingerprint density at radius 3 is 2.74 bits per heavy atom. The average Bonchev–Trinajstić information content (AvgIpc) is 2.94. The van der Waals surface area contributed by atoms with E-state index >= 15 is 0 Å². The van der Waals surface area contributed by atoms with Crippen LogP contribution in [0.4, 0.5) is 0 Å². The molecule has 2 rings (SSSR count). The van der Waals surface area contributed by atoms with Crippen LogP contribution in [0.25, 0.3) is 0 Å². The van der Waals surface area contributed by atoms with Crippen molar-refractivity contribution in [1.82, 2.24) is 9.21 Å². The number of carbonyl (C=O) groups excluding carboxylic acids is 2. The van der Waals surface area contributed by atoms with Gasteiger partial charge in [0, 0.05) is 20.1 Å². The van der Waals surface area contributed by atoms with Crippen molar-refractivity contribution in [2.75, 3.05) is 26.7 Å². The summed E-state index contributed by atoms with van der Waals surface area (Å²) in [6.07, 6.45) is 1.33. The molecule has 1 aromatic heterocycles. The molecule has 0 bridgehead atoms. The lowest BCUT2D eigenvalue weighted by atomic mass is 9.97. The molecule has 1 atom stereocenters. The van der Waals surface area contributed by atoms with Gasteiger partial charge >= 0.3 is 0 Å². The lowest BCUT2D eigenvalue weighted by Crippen LogP contribution is -2.47. The minimum Gasteiger partial charge on any atom is -0.369 e. The number of primary amides is 1. The third kappa shape index (κ3) is 4.23. The van der Waals surface area contributed by atoms with Crippen molar-refractivity contribution in [3.63, 3.8) is 0 Å². The fourth-order valence-electron chi connectivity index (χ4n) is 2.40. The van der Waals surface area contributed by atoms with E-state index in [1.165, 1.54) is 24.1 Å². The molecular weight excluding hydrogens is 362 g/mol. The summed E-state index contributed by atoms with van der Waals surface area (Å²) in [7, 11) is -2.41. The van der Waals surface area contributed by atoms with Gasteiger partial charge in [0.15, 0.2) is 0 Å². The molecule has 10 heteroatoms. The normalized spacial score (nSPS) is 19.1. The van der Waals surface area contributed by atoms with E-state index in [0.29, 0.717) is 23.7 Å². The number of halogens is 1. The zero-order chi connectivity index (χ0) is 17.2. The fraction of sp³-hybridized carbons (Fsp3) is 0.538. The molecule has 2 amide bonds. The number of thiophene rings is 1. The summed E-state index contributed by atoms with van der Waals surface area (Å²) in [6, 6.07) is 2.91. The van der Waals surface area contributed by atoms with Crippen molar-refractivity contribution in [3.8, 4) is 0 Å². The molecule has 128 valence electrons. The summed E-state index contributed by atoms with van der Waals surface area (Å²) in [6.45, 7) is 0.456. The second kappa shape index (κ2) is 7.16. The van der Waals surface area contributed by atoms with E-state index in [0.717, 1.165) is 15.6 Å². The predicted molar refractivity (Wildman–Crippen MR) is 87.6 cm³/mol. The molecule has 1 aliphatic rings. The number of hydrogen-bond donors (Lipinski definition) is 1. The lowest BCUT2D eigenvalue weighted by Gasteiger charge is -2.32. The van der Waals surface area contributed by atoms with E-state index in [-0.39, 0.29) is 29.1 Å². The number of likely N-dealkylation sites (N-methyl/N-ethyl adjacent to an activating group) is 1. The van der Waals surface area contributed by atoms with Gasteiger partial charge in [-0.1, -0.05) is 11.6 Å². The zero-order valence-electron chi connectivity index (χ0n) is 12.6. The highest BCUT2D eigenvalue weighted by Crippen LogP contribution is 2.27. The first-order chi connectivity index (χ1) is 10.7. The third-order valence-corrected chi connectivity index (χ3v) is 7.25. The van der Waals surface area contributed by atoms with Crippen LogP contribution in [-0.2, 0) is 19.6 Å². The number of hydrogen-bond acceptors (Lipinski definition) is 5. The summed E-state index contributed by atoms with van der Waals surface area (Å²) in [5, 5.41) is 0. The van der Waals surface area contributed by atoms with Crippen LogP contribution in [0.3, 0.4) is 0 Å². The number of likely N-dealkylation sites (tertiary alicyclic amines) is 1. The molecule has 0 unspecified atom stereocenters. The second-order valence-electron chi connectivity index (χ2n) is 5.40. The van der Waals surface area contributed by atoms with Gasteiger partial charge in [0.2, 0.25) is 11.8 Å². The molecule has 1 fully saturated rings. The molecule has 0 aliphatic carbocycles. The van der Waals surface area contributed by atoms with Gasteiger partial charge in [0.05, 0.1) is 16.8 Å². The Bertz CT molecular complexity index is 704. The standard InChI is InChI=1S/C13H18ClN3O4S2/c1-16(23(20,21)12-5-4-10(14)22-12)8-11(18)17-6-2-3-9(7-17)13(15)19/h4-5,9H,2-3,6-8H2,1H3,(H2,15,19)/t9-/m1/s1. The maximum absolute atomic E-state index is 12.4. The molecule has 0 saturated carbocycles. The Morgan fingerprint density at radius 1 is 1.48 bits per heavy atom. The van der Waals surface area contributed by atoms with Crippen molar-refractivity contribution in [2.24, 2.45) is 11.7 Å². The molecular formula is C13H18ClN3O4S2. The van der Waals surface area contributed by atoms with Gasteiger partial charge in [-0.3, -0.25) is 9.59 Å². The van der Waals surface area contributed by atoms with Crippen molar-refractivity contribution < 1.29 is 18.0 Å². The zero-order valence-corrected chi connectivity index (χ0v) is 15.0. The molecule has 23 heavy (non-hydrogen) atoms. The van der Waals surface area contributed by atoms with Crippen molar-refractivity contribution in [1.29, 1.82) is 0 Å². The summed E-state index contributed by atoms with van der Waals surface area (Å²) in [5.74, 6) is -1.15. The third-order valence-electron chi connectivity index (χ3n) is 3.75. The first-order valence-corrected chi connectivity index (χ1v) is 9.64. The minimum absolute atomic E-state index is 0.0893. The lowest BCUT2D eigenvalue weighted by molar-refractivity contribution is -0.134. The highest BCUT2D eigenvalue weighted by Gasteiger charge is 2.30. The Labute approximate surface area is 144 Å². The van der Waals surface area contributed by atoms with Crippen LogP contribution < -0.4 is 5.73 Å². The summed E-state index contributed by atoms with van der Waals surface area (Å²) in [5.41, 5.74) is 5.28. The van der Waals surface area contributed by atoms with E-state index in [1.807, 2.05) is 0 Å². The number of carbonyl (C=O) groups is 2. The minimum atomic E-state index is -3.75. The first-order valence-electron chi connectivity index (χ1n) is 7.00. The number of amides is 2. The smallest absolute Gasteiger partial charge is 0.252 e. The maximum atomic E-state index is 12.4. The number of nitrogens with zero attached hydrogens (tertiary/aromatic N) is 2. The van der Waals surface area contributed by atoms with Gasteiger partial charge in [-0.25, -0.2) is 8.42 Å². The number of sulfonamides is 1. The molecule has 1 saturated heterocycles. The van der Waals surface area contributed by atoms with Crippen LogP contribution >= 0.6 is 22.9 Å². The highest BCUT2D eigenvalue weighted by molar-refractivity contribution is 7.91. The van der Waals surface area contributed by atoms with Crippen molar-refractivity contribution >= 4 is 44.8 Å². The Balaban J connectivity index is 2.03. The second-order valence-corrected chi connectivity index (χ2v) is 9.39. The van der Waals surface area contributed by atoms with Gasteiger partial charge in [-0.05, 0) is 25.0 Å². The van der Waals surface area contributed by atoms with Crippen LogP contribution in [0.1, 0.15) is 12.8 Å². The van der Waals surface area contributed by atoms with Gasteiger partial charge in [0.1, 0.15) is 4.21 Å². The largest absolute Gasteiger partial charge is 0.369 e. The monoisotopic (exact) mass is 379 g/mol.